The van der Waals surface area contributed by atoms with Crippen LogP contribution in [-0.4, -0.2) is 46.2 Å². The SMILES string of the molecule is COc1ccc(CN(C)C(=O)CN(c2ccc(Cl)c(Cl)c2)S(C)(=O)=O)cc1. The van der Waals surface area contributed by atoms with Gasteiger partial charge in [0.25, 0.3) is 0 Å². The molecule has 0 aliphatic heterocycles. The van der Waals surface area contributed by atoms with E-state index >= 15 is 0 Å². The number of amides is 1. The quantitative estimate of drug-likeness (QED) is 0.674. The van der Waals surface area contributed by atoms with Gasteiger partial charge in [-0.25, -0.2) is 8.42 Å². The summed E-state index contributed by atoms with van der Waals surface area (Å²) in [7, 11) is -0.501. The molecule has 0 saturated heterocycles. The Labute approximate surface area is 169 Å². The van der Waals surface area contributed by atoms with E-state index in [0.717, 1.165) is 21.9 Å². The normalized spacial score (nSPS) is 11.1. The number of hydrogen-bond acceptors (Lipinski definition) is 4. The second-order valence-electron chi connectivity index (χ2n) is 5.97. The van der Waals surface area contributed by atoms with Crippen molar-refractivity contribution >= 4 is 44.8 Å². The number of benzene rings is 2. The molecule has 0 atom stereocenters. The van der Waals surface area contributed by atoms with Crippen LogP contribution in [0.4, 0.5) is 5.69 Å². The van der Waals surface area contributed by atoms with Gasteiger partial charge in [0.1, 0.15) is 12.3 Å². The summed E-state index contributed by atoms with van der Waals surface area (Å²) in [6.45, 7) is -0.00868. The highest BCUT2D eigenvalue weighted by molar-refractivity contribution is 7.92. The molecule has 0 aliphatic rings. The average Bonchev–Trinajstić information content (AvgIpc) is 2.61. The Hall–Kier alpha value is -1.96. The van der Waals surface area contributed by atoms with Crippen LogP contribution in [0.15, 0.2) is 42.5 Å². The first-order valence-electron chi connectivity index (χ1n) is 7.91. The lowest BCUT2D eigenvalue weighted by molar-refractivity contribution is -0.128. The fourth-order valence-corrected chi connectivity index (χ4v) is 3.51. The van der Waals surface area contributed by atoms with Crippen molar-refractivity contribution in [3.8, 4) is 5.75 Å². The maximum absolute atomic E-state index is 12.6. The minimum atomic E-state index is -3.69. The highest BCUT2D eigenvalue weighted by Gasteiger charge is 2.23. The van der Waals surface area contributed by atoms with Gasteiger partial charge in [0.15, 0.2) is 0 Å². The van der Waals surface area contributed by atoms with Crippen molar-refractivity contribution in [2.75, 3.05) is 31.3 Å². The first kappa shape index (κ1) is 21.3. The van der Waals surface area contributed by atoms with Crippen molar-refractivity contribution in [1.29, 1.82) is 0 Å². The van der Waals surface area contributed by atoms with Gasteiger partial charge >= 0.3 is 0 Å². The van der Waals surface area contributed by atoms with Gasteiger partial charge in [0, 0.05) is 13.6 Å². The number of carbonyl (C=O) groups excluding carboxylic acids is 1. The Kier molecular flexibility index (Phi) is 6.97. The van der Waals surface area contributed by atoms with Crippen molar-refractivity contribution in [2.24, 2.45) is 0 Å². The number of methoxy groups -OCH3 is 1. The summed E-state index contributed by atoms with van der Waals surface area (Å²) in [5, 5.41) is 0.513. The molecule has 1 amide bonds. The molecule has 0 bridgehead atoms. The summed E-state index contributed by atoms with van der Waals surface area (Å²) in [4.78, 5) is 14.0. The molecule has 0 radical (unpaired) electrons. The van der Waals surface area contributed by atoms with Crippen LogP contribution in [0.2, 0.25) is 10.0 Å². The van der Waals surface area contributed by atoms with Crippen LogP contribution in [0.25, 0.3) is 0 Å². The number of ether oxygens (including phenoxy) is 1. The molecular weight excluding hydrogens is 411 g/mol. The number of hydrogen-bond donors (Lipinski definition) is 0. The van der Waals surface area contributed by atoms with E-state index in [1.165, 1.54) is 23.1 Å². The summed E-state index contributed by atoms with van der Waals surface area (Å²) < 4.78 is 30.5. The average molecular weight is 431 g/mol. The zero-order valence-corrected chi connectivity index (χ0v) is 17.5. The first-order valence-corrected chi connectivity index (χ1v) is 10.5. The van der Waals surface area contributed by atoms with Crippen molar-refractivity contribution in [3.05, 3.63) is 58.1 Å². The third kappa shape index (κ3) is 5.76. The molecule has 0 aliphatic carbocycles. The largest absolute Gasteiger partial charge is 0.497 e. The van der Waals surface area contributed by atoms with Gasteiger partial charge in [-0.3, -0.25) is 9.10 Å². The minimum absolute atomic E-state index is 0.210. The smallest absolute Gasteiger partial charge is 0.243 e. The van der Waals surface area contributed by atoms with Gasteiger partial charge in [-0.05, 0) is 35.9 Å². The third-order valence-corrected chi connectivity index (χ3v) is 5.75. The number of carbonyl (C=O) groups is 1. The Morgan fingerprint density at radius 2 is 1.70 bits per heavy atom. The molecule has 0 N–H and O–H groups in total. The molecule has 2 aromatic rings. The number of likely N-dealkylation sites (N-methyl/N-ethyl adjacent to an activating group) is 1. The van der Waals surface area contributed by atoms with E-state index in [0.29, 0.717) is 11.6 Å². The predicted molar refractivity (Wildman–Crippen MR) is 108 cm³/mol. The molecule has 27 heavy (non-hydrogen) atoms. The van der Waals surface area contributed by atoms with E-state index in [1.54, 1.807) is 26.3 Å². The molecule has 9 heteroatoms. The zero-order chi connectivity index (χ0) is 20.2. The Morgan fingerprint density at radius 1 is 1.07 bits per heavy atom. The Balaban J connectivity index is 2.16. The highest BCUT2D eigenvalue weighted by Crippen LogP contribution is 2.28. The number of nitrogens with zero attached hydrogens (tertiary/aromatic N) is 2. The fourth-order valence-electron chi connectivity index (χ4n) is 2.38. The van der Waals surface area contributed by atoms with Gasteiger partial charge in [-0.1, -0.05) is 35.3 Å². The monoisotopic (exact) mass is 430 g/mol. The number of rotatable bonds is 7. The van der Waals surface area contributed by atoms with E-state index in [4.69, 9.17) is 27.9 Å². The topological polar surface area (TPSA) is 66.9 Å². The summed E-state index contributed by atoms with van der Waals surface area (Å²) >= 11 is 11.9. The molecular formula is C18H20Cl2N2O4S. The summed E-state index contributed by atoms with van der Waals surface area (Å²) in [6.07, 6.45) is 1.03. The highest BCUT2D eigenvalue weighted by atomic mass is 35.5. The Bertz CT molecular complexity index is 917. The van der Waals surface area contributed by atoms with Crippen LogP contribution in [-0.2, 0) is 21.4 Å². The summed E-state index contributed by atoms with van der Waals surface area (Å²) in [5.74, 6) is 0.359. The standard InChI is InChI=1S/C18H20Cl2N2O4S/c1-21(11-13-4-7-15(26-2)8-5-13)18(23)12-22(27(3,24)25)14-6-9-16(19)17(20)10-14/h4-10H,11-12H2,1-3H3. The third-order valence-electron chi connectivity index (χ3n) is 3.87. The van der Waals surface area contributed by atoms with Crippen molar-refractivity contribution in [2.45, 2.75) is 6.54 Å². The lowest BCUT2D eigenvalue weighted by atomic mass is 10.2. The summed E-state index contributed by atoms with van der Waals surface area (Å²) in [6, 6.07) is 11.7. The van der Waals surface area contributed by atoms with Gasteiger partial charge < -0.3 is 9.64 Å². The minimum Gasteiger partial charge on any atom is -0.497 e. The maximum Gasteiger partial charge on any atom is 0.243 e. The Morgan fingerprint density at radius 3 is 2.22 bits per heavy atom. The molecule has 0 unspecified atom stereocenters. The molecule has 6 nitrogen and oxygen atoms in total. The van der Waals surface area contributed by atoms with E-state index in [9.17, 15) is 13.2 Å². The molecule has 0 spiro atoms. The molecule has 2 aromatic carbocycles. The van der Waals surface area contributed by atoms with E-state index in [-0.39, 0.29) is 23.2 Å². The van der Waals surface area contributed by atoms with E-state index in [2.05, 4.69) is 0 Å². The van der Waals surface area contributed by atoms with Gasteiger partial charge in [0.05, 0.1) is 29.1 Å². The van der Waals surface area contributed by atoms with E-state index < -0.39 is 10.0 Å². The lowest BCUT2D eigenvalue weighted by Crippen LogP contribution is -2.41. The summed E-state index contributed by atoms with van der Waals surface area (Å²) in [5.41, 5.74) is 1.17. The lowest BCUT2D eigenvalue weighted by Gasteiger charge is -2.25. The molecule has 0 fully saturated rings. The molecule has 2 rings (SSSR count). The fraction of sp³-hybridized carbons (Fsp3) is 0.278. The molecule has 0 aromatic heterocycles. The molecule has 0 saturated carbocycles. The van der Waals surface area contributed by atoms with Crippen LogP contribution in [0.5, 0.6) is 5.75 Å². The van der Waals surface area contributed by atoms with Crippen LogP contribution in [0, 0.1) is 0 Å². The zero-order valence-electron chi connectivity index (χ0n) is 15.1. The van der Waals surface area contributed by atoms with Crippen LogP contribution < -0.4 is 9.04 Å². The second kappa shape index (κ2) is 8.82. The van der Waals surface area contributed by atoms with Crippen LogP contribution in [0.3, 0.4) is 0 Å². The van der Waals surface area contributed by atoms with Crippen LogP contribution in [0.1, 0.15) is 5.56 Å². The maximum atomic E-state index is 12.6. The second-order valence-corrected chi connectivity index (χ2v) is 8.69. The number of sulfonamides is 1. The van der Waals surface area contributed by atoms with Gasteiger partial charge in [-0.15, -0.1) is 0 Å². The van der Waals surface area contributed by atoms with Gasteiger partial charge in [0.2, 0.25) is 15.9 Å². The van der Waals surface area contributed by atoms with Crippen molar-refractivity contribution in [1.82, 2.24) is 4.90 Å². The number of anilines is 1. The molecule has 0 heterocycles. The predicted octanol–water partition coefficient (Wildman–Crippen LogP) is 3.43. The van der Waals surface area contributed by atoms with Crippen LogP contribution >= 0.6 is 23.2 Å². The van der Waals surface area contributed by atoms with Crippen molar-refractivity contribution in [3.63, 3.8) is 0 Å². The van der Waals surface area contributed by atoms with Crippen molar-refractivity contribution < 1.29 is 17.9 Å². The number of halogens is 2. The first-order chi connectivity index (χ1) is 12.6. The molecule has 146 valence electrons. The van der Waals surface area contributed by atoms with Gasteiger partial charge in [-0.2, -0.15) is 0 Å². The van der Waals surface area contributed by atoms with E-state index in [1.807, 2.05) is 12.1 Å².